The molecule has 1 saturated heterocycles. The first-order chi connectivity index (χ1) is 19.7. The summed E-state index contributed by atoms with van der Waals surface area (Å²) in [5.74, 6) is 0.244. The summed E-state index contributed by atoms with van der Waals surface area (Å²) in [5.41, 5.74) is 11.3. The summed E-state index contributed by atoms with van der Waals surface area (Å²) in [7, 11) is 0. The number of hydrogen-bond donors (Lipinski definition) is 2. The molecule has 1 unspecified atom stereocenters. The Bertz CT molecular complexity index is 1300. The number of carbonyl (C=O) groups is 1. The number of hydrogen-bond acceptors (Lipinski definition) is 7. The van der Waals surface area contributed by atoms with Crippen LogP contribution in [0.3, 0.4) is 0 Å². The molecule has 5 rings (SSSR count). The van der Waals surface area contributed by atoms with Gasteiger partial charge in [0.2, 0.25) is 0 Å². The van der Waals surface area contributed by atoms with E-state index in [1.165, 1.54) is 42.6 Å². The van der Waals surface area contributed by atoms with Crippen LogP contribution in [0.4, 0.5) is 5.95 Å². The van der Waals surface area contributed by atoms with E-state index in [2.05, 4.69) is 45.0 Å². The largest absolute Gasteiger partial charge is 0.512 e. The summed E-state index contributed by atoms with van der Waals surface area (Å²) in [6.45, 7) is 9.36. The van der Waals surface area contributed by atoms with Crippen molar-refractivity contribution >= 4 is 17.8 Å². The average Bonchev–Trinajstić information content (AvgIpc) is 3.65. The topological polar surface area (TPSA) is 114 Å². The number of aliphatic hydroxyl groups is 1. The van der Waals surface area contributed by atoms with Gasteiger partial charge in [0.15, 0.2) is 0 Å². The quantitative estimate of drug-likeness (QED) is 0.210. The molecule has 8 nitrogen and oxygen atoms in total. The molecule has 3 heterocycles. The maximum Gasteiger partial charge on any atom is 0.338 e. The summed E-state index contributed by atoms with van der Waals surface area (Å²) in [5, 5.41) is 11.2. The summed E-state index contributed by atoms with van der Waals surface area (Å²) >= 11 is 0. The second-order valence-corrected chi connectivity index (χ2v) is 12.2. The summed E-state index contributed by atoms with van der Waals surface area (Å²) in [6.07, 6.45) is 9.69. The third-order valence-electron chi connectivity index (χ3n) is 9.11. The van der Waals surface area contributed by atoms with Crippen LogP contribution in [0.25, 0.3) is 0 Å². The highest BCUT2D eigenvalue weighted by Crippen LogP contribution is 2.46. The molecule has 2 aromatic rings. The lowest BCUT2D eigenvalue weighted by molar-refractivity contribution is -0.167. The first-order valence-corrected chi connectivity index (χ1v) is 15.4. The van der Waals surface area contributed by atoms with Gasteiger partial charge in [0.05, 0.1) is 5.57 Å². The Kier molecular flexibility index (Phi) is 9.07. The van der Waals surface area contributed by atoms with Crippen LogP contribution >= 0.6 is 0 Å². The predicted octanol–water partition coefficient (Wildman–Crippen LogP) is 5.95. The SMILES string of the molecule is CCc1cc(CCC2(C3CCCC3)CC(O)=C(C/C(N)=N/c3nc(C)cc(C)n3)C(=O)O2)ccc1CN1CCCC1. The van der Waals surface area contributed by atoms with E-state index in [0.717, 1.165) is 56.5 Å². The van der Waals surface area contributed by atoms with Crippen LogP contribution in [0, 0.1) is 19.8 Å². The first kappa shape index (κ1) is 29.2. The fourth-order valence-electron chi connectivity index (χ4n) is 6.95. The lowest BCUT2D eigenvalue weighted by Gasteiger charge is -2.42. The third-order valence-corrected chi connectivity index (χ3v) is 9.11. The van der Waals surface area contributed by atoms with Crippen LogP contribution in [-0.2, 0) is 28.9 Å². The zero-order chi connectivity index (χ0) is 29.0. The predicted molar refractivity (Wildman–Crippen MR) is 161 cm³/mol. The van der Waals surface area contributed by atoms with Gasteiger partial charge in [-0.2, -0.15) is 4.99 Å². The number of nitrogens with two attached hydrogens (primary N) is 1. The maximum atomic E-state index is 13.4. The van der Waals surface area contributed by atoms with Crippen molar-refractivity contribution in [3.8, 4) is 0 Å². The number of cyclic esters (lactones) is 1. The van der Waals surface area contributed by atoms with Gasteiger partial charge in [-0.25, -0.2) is 14.8 Å². The molecule has 220 valence electrons. The number of carbonyl (C=O) groups excluding carboxylic acids is 1. The van der Waals surface area contributed by atoms with Crippen molar-refractivity contribution in [3.05, 3.63) is 63.7 Å². The van der Waals surface area contributed by atoms with Crippen LogP contribution < -0.4 is 5.73 Å². The molecule has 3 N–H and O–H groups in total. The molecule has 0 spiro atoms. The van der Waals surface area contributed by atoms with Gasteiger partial charge in [-0.15, -0.1) is 0 Å². The van der Waals surface area contributed by atoms with Crippen molar-refractivity contribution in [3.63, 3.8) is 0 Å². The summed E-state index contributed by atoms with van der Waals surface area (Å²) < 4.78 is 6.32. The van der Waals surface area contributed by atoms with Gasteiger partial charge in [0.25, 0.3) is 5.95 Å². The number of likely N-dealkylation sites (tertiary alicyclic amines) is 1. The Morgan fingerprint density at radius 3 is 2.46 bits per heavy atom. The van der Waals surface area contributed by atoms with Gasteiger partial charge < -0.3 is 15.6 Å². The third kappa shape index (κ3) is 6.97. The molecular weight excluding hydrogens is 514 g/mol. The minimum absolute atomic E-state index is 0.000102. The molecule has 1 atom stereocenters. The number of nitrogens with zero attached hydrogens (tertiary/aromatic N) is 4. The minimum atomic E-state index is -0.704. The van der Waals surface area contributed by atoms with Crippen LogP contribution in [0.1, 0.15) is 92.8 Å². The van der Waals surface area contributed by atoms with Gasteiger partial charge in [0, 0.05) is 30.8 Å². The van der Waals surface area contributed by atoms with Crippen molar-refractivity contribution in [1.82, 2.24) is 14.9 Å². The molecule has 0 bridgehead atoms. The average molecular weight is 560 g/mol. The van der Waals surface area contributed by atoms with Gasteiger partial charge in [-0.1, -0.05) is 38.0 Å². The fourth-order valence-corrected chi connectivity index (χ4v) is 6.95. The maximum absolute atomic E-state index is 13.4. The second kappa shape index (κ2) is 12.7. The number of rotatable bonds is 10. The molecule has 2 aliphatic heterocycles. The van der Waals surface area contributed by atoms with E-state index in [1.807, 2.05) is 19.9 Å². The summed E-state index contributed by atoms with van der Waals surface area (Å²) in [6, 6.07) is 8.73. The van der Waals surface area contributed by atoms with E-state index in [0.29, 0.717) is 12.8 Å². The highest BCUT2D eigenvalue weighted by Gasteiger charge is 2.48. The monoisotopic (exact) mass is 559 g/mol. The molecular formula is C33H45N5O3. The fraction of sp³-hybridized carbons (Fsp3) is 0.576. The van der Waals surface area contributed by atoms with Gasteiger partial charge >= 0.3 is 5.97 Å². The van der Waals surface area contributed by atoms with Gasteiger partial charge in [-0.05, 0) is 101 Å². The molecule has 0 amide bonds. The molecule has 2 fully saturated rings. The van der Waals surface area contributed by atoms with E-state index < -0.39 is 11.6 Å². The standard InChI is InChI=1S/C33H45N5O3/c1-4-25-18-24(11-12-26(25)21-38-15-7-8-16-38)13-14-33(27-9-5-6-10-27)20-29(39)28(31(40)41-33)19-30(34)37-32-35-22(2)17-23(3)36-32/h11-12,17-18,27,39H,4-10,13-16,19-21H2,1-3H3,(H2,34,35,36,37). The molecule has 1 aliphatic carbocycles. The number of amidine groups is 1. The van der Waals surface area contributed by atoms with Crippen LogP contribution in [0.15, 0.2) is 40.6 Å². The molecule has 1 aromatic carbocycles. The minimum Gasteiger partial charge on any atom is -0.512 e. The zero-order valence-corrected chi connectivity index (χ0v) is 24.9. The van der Waals surface area contributed by atoms with E-state index >= 15 is 0 Å². The number of benzene rings is 1. The van der Waals surface area contributed by atoms with Crippen LogP contribution in [-0.4, -0.2) is 50.5 Å². The lowest BCUT2D eigenvalue weighted by atomic mass is 9.76. The number of aryl methyl sites for hydroxylation is 4. The number of ether oxygens (including phenoxy) is 1. The molecule has 8 heteroatoms. The highest BCUT2D eigenvalue weighted by atomic mass is 16.6. The van der Waals surface area contributed by atoms with Crippen molar-refractivity contribution < 1.29 is 14.6 Å². The molecule has 1 aromatic heterocycles. The van der Waals surface area contributed by atoms with E-state index in [1.54, 1.807) is 0 Å². The number of aliphatic hydroxyl groups excluding tert-OH is 1. The van der Waals surface area contributed by atoms with Gasteiger partial charge in [-0.3, -0.25) is 4.90 Å². The van der Waals surface area contributed by atoms with Gasteiger partial charge in [0.1, 0.15) is 17.2 Å². The summed E-state index contributed by atoms with van der Waals surface area (Å²) in [4.78, 5) is 28.9. The first-order valence-electron chi connectivity index (χ1n) is 15.4. The zero-order valence-electron chi connectivity index (χ0n) is 24.9. The highest BCUT2D eigenvalue weighted by molar-refractivity contribution is 5.98. The van der Waals surface area contributed by atoms with Crippen molar-refractivity contribution in [1.29, 1.82) is 0 Å². The number of esters is 1. The lowest BCUT2D eigenvalue weighted by Crippen LogP contribution is -2.46. The molecule has 3 aliphatic rings. The van der Waals surface area contributed by atoms with E-state index in [-0.39, 0.29) is 35.5 Å². The molecule has 41 heavy (non-hydrogen) atoms. The Balaban J connectivity index is 1.32. The Hall–Kier alpha value is -3.26. The van der Waals surface area contributed by atoms with Crippen LogP contribution in [0.5, 0.6) is 0 Å². The number of aromatic nitrogens is 2. The Morgan fingerprint density at radius 1 is 1.10 bits per heavy atom. The Morgan fingerprint density at radius 2 is 1.80 bits per heavy atom. The van der Waals surface area contributed by atoms with Crippen molar-refractivity contribution in [2.45, 2.75) is 104 Å². The van der Waals surface area contributed by atoms with E-state index in [9.17, 15) is 9.90 Å². The number of aliphatic imine (C=N–C) groups is 1. The van der Waals surface area contributed by atoms with Crippen LogP contribution in [0.2, 0.25) is 0 Å². The molecule has 1 saturated carbocycles. The smallest absolute Gasteiger partial charge is 0.338 e. The van der Waals surface area contributed by atoms with E-state index in [4.69, 9.17) is 10.5 Å². The van der Waals surface area contributed by atoms with Crippen molar-refractivity contribution in [2.75, 3.05) is 13.1 Å². The molecule has 0 radical (unpaired) electrons. The Labute approximate surface area is 244 Å². The normalized spacial score (nSPS) is 22.5. The van der Waals surface area contributed by atoms with Crippen molar-refractivity contribution in [2.24, 2.45) is 16.6 Å². The second-order valence-electron chi connectivity index (χ2n) is 12.2.